The number of H-pyrrole nitrogens is 1. The van der Waals surface area contributed by atoms with E-state index in [1.165, 1.54) is 6.33 Å². The molecule has 0 amide bonds. The maximum Gasteiger partial charge on any atom is 0.418 e. The summed E-state index contributed by atoms with van der Waals surface area (Å²) < 4.78 is 39.1. The van der Waals surface area contributed by atoms with E-state index < -0.39 is 11.7 Å². The van der Waals surface area contributed by atoms with Crippen molar-refractivity contribution in [3.8, 4) is 0 Å². The van der Waals surface area contributed by atoms with Gasteiger partial charge in [-0.05, 0) is 17.7 Å². The molecule has 2 aromatic heterocycles. The van der Waals surface area contributed by atoms with Gasteiger partial charge >= 0.3 is 6.18 Å². The number of benzene rings is 1. The van der Waals surface area contributed by atoms with Crippen LogP contribution in [0.1, 0.15) is 11.1 Å². The molecule has 3 aromatic rings. The van der Waals surface area contributed by atoms with Gasteiger partial charge in [0.05, 0.1) is 10.9 Å². The van der Waals surface area contributed by atoms with Crippen LogP contribution in [0.15, 0.2) is 36.8 Å². The highest BCUT2D eigenvalue weighted by atomic mass is 35.5. The monoisotopic (exact) mass is 326 g/mol. The van der Waals surface area contributed by atoms with Gasteiger partial charge in [0.15, 0.2) is 0 Å². The van der Waals surface area contributed by atoms with Crippen LogP contribution in [0.25, 0.3) is 11.0 Å². The number of nitrogens with zero attached hydrogens (tertiary/aromatic N) is 2. The van der Waals surface area contributed by atoms with Crippen LogP contribution in [0.5, 0.6) is 0 Å². The molecule has 4 nitrogen and oxygen atoms in total. The Morgan fingerprint density at radius 1 is 1.23 bits per heavy atom. The Balaban J connectivity index is 1.95. The third kappa shape index (κ3) is 2.85. The lowest BCUT2D eigenvalue weighted by Crippen LogP contribution is -2.07. The van der Waals surface area contributed by atoms with E-state index in [4.69, 9.17) is 11.6 Å². The van der Waals surface area contributed by atoms with Gasteiger partial charge < -0.3 is 10.3 Å². The predicted octanol–water partition coefficient (Wildman–Crippen LogP) is 4.24. The zero-order valence-electron chi connectivity index (χ0n) is 11.1. The molecule has 0 aliphatic heterocycles. The minimum absolute atomic E-state index is 0.0722. The summed E-state index contributed by atoms with van der Waals surface area (Å²) in [5, 5.41) is 3.39. The van der Waals surface area contributed by atoms with E-state index in [0.29, 0.717) is 11.6 Å². The number of anilines is 1. The van der Waals surface area contributed by atoms with Crippen LogP contribution < -0.4 is 5.32 Å². The summed E-state index contributed by atoms with van der Waals surface area (Å²) in [6, 6.07) is 7.04. The van der Waals surface area contributed by atoms with Gasteiger partial charge in [-0.15, -0.1) is 0 Å². The predicted molar refractivity (Wildman–Crippen MR) is 77.7 cm³/mol. The van der Waals surface area contributed by atoms with Crippen molar-refractivity contribution in [2.24, 2.45) is 0 Å². The number of hydrogen-bond acceptors (Lipinski definition) is 3. The summed E-state index contributed by atoms with van der Waals surface area (Å²) >= 11 is 5.88. The molecule has 0 atom stereocenters. The molecule has 0 fully saturated rings. The van der Waals surface area contributed by atoms with Gasteiger partial charge in [0, 0.05) is 17.8 Å². The molecule has 0 aliphatic rings. The lowest BCUT2D eigenvalue weighted by molar-refractivity contribution is -0.136. The van der Waals surface area contributed by atoms with E-state index >= 15 is 0 Å². The summed E-state index contributed by atoms with van der Waals surface area (Å²) in [5.41, 5.74) is 0.177. The van der Waals surface area contributed by atoms with Crippen molar-refractivity contribution in [3.05, 3.63) is 52.9 Å². The second-order valence-corrected chi connectivity index (χ2v) is 5.07. The van der Waals surface area contributed by atoms with Crippen LogP contribution in [0.2, 0.25) is 5.02 Å². The number of fused-ring (bicyclic) bond motifs is 1. The Morgan fingerprint density at radius 3 is 2.77 bits per heavy atom. The van der Waals surface area contributed by atoms with Gasteiger partial charge in [0.25, 0.3) is 0 Å². The largest absolute Gasteiger partial charge is 0.418 e. The van der Waals surface area contributed by atoms with Crippen molar-refractivity contribution in [2.75, 3.05) is 5.32 Å². The maximum atomic E-state index is 13.0. The second kappa shape index (κ2) is 5.49. The Hall–Kier alpha value is -2.28. The molecule has 1 aromatic carbocycles. The summed E-state index contributed by atoms with van der Waals surface area (Å²) in [4.78, 5) is 10.2. The summed E-state index contributed by atoms with van der Waals surface area (Å²) in [7, 11) is 0. The number of rotatable bonds is 3. The third-order valence-electron chi connectivity index (χ3n) is 3.12. The molecular formula is C14H10ClF3N4. The molecule has 0 unspecified atom stereocenters. The molecule has 22 heavy (non-hydrogen) atoms. The Kier molecular flexibility index (Phi) is 3.66. The first kappa shape index (κ1) is 14.6. The molecule has 2 heterocycles. The van der Waals surface area contributed by atoms with Crippen LogP contribution in [-0.2, 0) is 12.7 Å². The molecule has 8 heteroatoms. The van der Waals surface area contributed by atoms with Gasteiger partial charge in [-0.1, -0.05) is 23.7 Å². The Morgan fingerprint density at radius 2 is 2.05 bits per heavy atom. The molecule has 3 rings (SSSR count). The van der Waals surface area contributed by atoms with Gasteiger partial charge in [0.1, 0.15) is 17.8 Å². The highest BCUT2D eigenvalue weighted by molar-refractivity contribution is 6.30. The van der Waals surface area contributed by atoms with E-state index in [-0.39, 0.29) is 16.9 Å². The van der Waals surface area contributed by atoms with E-state index in [1.807, 2.05) is 6.07 Å². The van der Waals surface area contributed by atoms with Crippen LogP contribution in [0.4, 0.5) is 19.0 Å². The Bertz CT molecular complexity index is 813. The number of aromatic nitrogens is 3. The highest BCUT2D eigenvalue weighted by Crippen LogP contribution is 2.36. The lowest BCUT2D eigenvalue weighted by Gasteiger charge is -2.10. The number of nitrogens with one attached hydrogen (secondary N) is 2. The van der Waals surface area contributed by atoms with Gasteiger partial charge in [-0.25, -0.2) is 9.97 Å². The lowest BCUT2D eigenvalue weighted by atomic mass is 10.2. The quantitative estimate of drug-likeness (QED) is 0.757. The van der Waals surface area contributed by atoms with Crippen molar-refractivity contribution >= 4 is 28.5 Å². The normalized spacial score (nSPS) is 11.8. The van der Waals surface area contributed by atoms with Crippen LogP contribution >= 0.6 is 11.6 Å². The fraction of sp³-hybridized carbons (Fsp3) is 0.143. The number of halogens is 4. The molecule has 0 bridgehead atoms. The molecule has 0 radical (unpaired) electrons. The molecule has 0 spiro atoms. The van der Waals surface area contributed by atoms with Crippen molar-refractivity contribution in [1.82, 2.24) is 15.0 Å². The summed E-state index contributed by atoms with van der Waals surface area (Å²) in [5.74, 6) is 0.124. The van der Waals surface area contributed by atoms with E-state index in [1.54, 1.807) is 18.2 Å². The standard InChI is InChI=1S/C14H10ClF3N4/c15-9-3-1-2-8(4-9)5-19-12-11-10(14(16,17)18)6-20-13(11)22-7-21-12/h1-4,6-7H,5H2,(H2,19,20,21,22). The van der Waals surface area contributed by atoms with Crippen molar-refractivity contribution in [3.63, 3.8) is 0 Å². The summed E-state index contributed by atoms with van der Waals surface area (Å²) in [6.07, 6.45) is -2.38. The SMILES string of the molecule is FC(F)(F)c1c[nH]c2ncnc(NCc3cccc(Cl)c3)c12. The first-order chi connectivity index (χ1) is 10.4. The first-order valence-corrected chi connectivity index (χ1v) is 6.70. The van der Waals surface area contributed by atoms with Crippen LogP contribution in [-0.4, -0.2) is 15.0 Å². The van der Waals surface area contributed by atoms with Crippen molar-refractivity contribution < 1.29 is 13.2 Å². The molecule has 0 aliphatic carbocycles. The van der Waals surface area contributed by atoms with Gasteiger partial charge in [0.2, 0.25) is 0 Å². The van der Waals surface area contributed by atoms with Crippen LogP contribution in [0.3, 0.4) is 0 Å². The highest BCUT2D eigenvalue weighted by Gasteiger charge is 2.35. The van der Waals surface area contributed by atoms with Crippen molar-refractivity contribution in [1.29, 1.82) is 0 Å². The van der Waals surface area contributed by atoms with E-state index in [0.717, 1.165) is 11.8 Å². The molecular weight excluding hydrogens is 317 g/mol. The fourth-order valence-electron chi connectivity index (χ4n) is 2.15. The second-order valence-electron chi connectivity index (χ2n) is 4.63. The first-order valence-electron chi connectivity index (χ1n) is 6.33. The van der Waals surface area contributed by atoms with Gasteiger partial charge in [-0.3, -0.25) is 0 Å². The molecule has 2 N–H and O–H groups in total. The third-order valence-corrected chi connectivity index (χ3v) is 3.36. The number of aromatic amines is 1. The van der Waals surface area contributed by atoms with Gasteiger partial charge in [-0.2, -0.15) is 13.2 Å². The smallest absolute Gasteiger partial charge is 0.365 e. The molecule has 0 saturated carbocycles. The number of hydrogen-bond donors (Lipinski definition) is 2. The van der Waals surface area contributed by atoms with E-state index in [2.05, 4.69) is 20.3 Å². The zero-order valence-corrected chi connectivity index (χ0v) is 11.8. The minimum Gasteiger partial charge on any atom is -0.365 e. The molecule has 0 saturated heterocycles. The van der Waals surface area contributed by atoms with E-state index in [9.17, 15) is 13.2 Å². The average Bonchev–Trinajstić information content (AvgIpc) is 2.89. The number of alkyl halides is 3. The Labute approximate surface area is 128 Å². The summed E-state index contributed by atoms with van der Waals surface area (Å²) in [6.45, 7) is 0.301. The van der Waals surface area contributed by atoms with Crippen molar-refractivity contribution in [2.45, 2.75) is 12.7 Å². The fourth-order valence-corrected chi connectivity index (χ4v) is 2.37. The van der Waals surface area contributed by atoms with Crippen LogP contribution in [0, 0.1) is 0 Å². The minimum atomic E-state index is -4.48. The zero-order chi connectivity index (χ0) is 15.7. The topological polar surface area (TPSA) is 53.6 Å². The maximum absolute atomic E-state index is 13.0. The molecule has 114 valence electrons. The average molecular weight is 327 g/mol.